The molecule has 3 heteroatoms. The van der Waals surface area contributed by atoms with E-state index in [0.29, 0.717) is 5.75 Å². The van der Waals surface area contributed by atoms with Crippen molar-refractivity contribution in [3.63, 3.8) is 0 Å². The van der Waals surface area contributed by atoms with E-state index >= 15 is 0 Å². The van der Waals surface area contributed by atoms with Crippen molar-refractivity contribution >= 4 is 10.8 Å². The number of likely N-dealkylation sites (tertiary alicyclic amines) is 1. The molecule has 0 saturated carbocycles. The van der Waals surface area contributed by atoms with Gasteiger partial charge < -0.3 is 9.84 Å². The maximum Gasteiger partial charge on any atom is 0.120 e. The van der Waals surface area contributed by atoms with Crippen LogP contribution in [0, 0.1) is 0 Å². The summed E-state index contributed by atoms with van der Waals surface area (Å²) in [5, 5.41) is 12.5. The monoisotopic (exact) mass is 271 g/mol. The molecule has 3 nitrogen and oxygen atoms in total. The van der Waals surface area contributed by atoms with Crippen molar-refractivity contribution in [1.82, 2.24) is 4.90 Å². The molecule has 2 aromatic rings. The Bertz CT molecular complexity index is 603. The maximum absolute atomic E-state index is 10.2. The van der Waals surface area contributed by atoms with Gasteiger partial charge in [-0.05, 0) is 54.9 Å². The number of hydrogen-bond donors (Lipinski definition) is 1. The van der Waals surface area contributed by atoms with Crippen LogP contribution < -0.4 is 4.74 Å². The van der Waals surface area contributed by atoms with E-state index < -0.39 is 0 Å². The first-order valence-electron chi connectivity index (χ1n) is 7.29. The van der Waals surface area contributed by atoms with E-state index in [4.69, 9.17) is 4.74 Å². The number of phenolic OH excluding ortho intramolecular Hbond substituents is 1. The van der Waals surface area contributed by atoms with Gasteiger partial charge in [0.05, 0.1) is 7.11 Å². The summed E-state index contributed by atoms with van der Waals surface area (Å²) in [6.45, 7) is 3.07. The second-order valence-corrected chi connectivity index (χ2v) is 5.49. The van der Waals surface area contributed by atoms with Gasteiger partial charge in [-0.15, -0.1) is 0 Å². The second kappa shape index (κ2) is 5.71. The first kappa shape index (κ1) is 13.3. The van der Waals surface area contributed by atoms with Gasteiger partial charge in [-0.3, -0.25) is 4.90 Å². The van der Waals surface area contributed by atoms with Crippen LogP contribution in [0.5, 0.6) is 11.5 Å². The SMILES string of the molecule is COc1ccc2ccc(O)c(CN3CCCCC3)c2c1. The number of rotatable bonds is 3. The highest BCUT2D eigenvalue weighted by Crippen LogP contribution is 2.31. The summed E-state index contributed by atoms with van der Waals surface area (Å²) < 4.78 is 5.31. The second-order valence-electron chi connectivity index (χ2n) is 5.49. The normalized spacial score (nSPS) is 16.4. The minimum atomic E-state index is 0.385. The van der Waals surface area contributed by atoms with Crippen LogP contribution >= 0.6 is 0 Å². The zero-order valence-corrected chi connectivity index (χ0v) is 11.9. The standard InChI is InChI=1S/C17H21NO2/c1-20-14-7-5-13-6-8-17(19)16(15(13)11-14)12-18-9-3-2-4-10-18/h5-8,11,19H,2-4,9-10,12H2,1H3. The van der Waals surface area contributed by atoms with Crippen LogP contribution in [0.3, 0.4) is 0 Å². The summed E-state index contributed by atoms with van der Waals surface area (Å²) in [4.78, 5) is 2.43. The number of nitrogens with zero attached hydrogens (tertiary/aromatic N) is 1. The molecule has 0 amide bonds. The Morgan fingerprint density at radius 1 is 1.10 bits per heavy atom. The predicted molar refractivity (Wildman–Crippen MR) is 81.3 cm³/mol. The zero-order valence-electron chi connectivity index (χ0n) is 11.9. The van der Waals surface area contributed by atoms with Crippen molar-refractivity contribution in [3.05, 3.63) is 35.9 Å². The number of piperidine rings is 1. The summed E-state index contributed by atoms with van der Waals surface area (Å²) in [5.74, 6) is 1.22. The summed E-state index contributed by atoms with van der Waals surface area (Å²) in [7, 11) is 1.67. The highest BCUT2D eigenvalue weighted by Gasteiger charge is 2.15. The molecule has 1 aliphatic heterocycles. The molecule has 0 atom stereocenters. The average Bonchev–Trinajstić information content (AvgIpc) is 2.51. The van der Waals surface area contributed by atoms with Crippen LogP contribution in [0.15, 0.2) is 30.3 Å². The number of ether oxygens (including phenoxy) is 1. The molecule has 3 rings (SSSR count). The van der Waals surface area contributed by atoms with Gasteiger partial charge in [0.25, 0.3) is 0 Å². The minimum absolute atomic E-state index is 0.385. The quantitative estimate of drug-likeness (QED) is 0.926. The fourth-order valence-electron chi connectivity index (χ4n) is 2.98. The fourth-order valence-corrected chi connectivity index (χ4v) is 2.98. The van der Waals surface area contributed by atoms with Gasteiger partial charge in [-0.1, -0.05) is 18.6 Å². The first-order valence-corrected chi connectivity index (χ1v) is 7.29. The van der Waals surface area contributed by atoms with Crippen molar-refractivity contribution in [2.75, 3.05) is 20.2 Å². The molecule has 2 aromatic carbocycles. The minimum Gasteiger partial charge on any atom is -0.508 e. The van der Waals surface area contributed by atoms with Gasteiger partial charge in [-0.2, -0.15) is 0 Å². The van der Waals surface area contributed by atoms with E-state index in [2.05, 4.69) is 4.90 Å². The summed E-state index contributed by atoms with van der Waals surface area (Å²) in [6.07, 6.45) is 3.84. The number of methoxy groups -OCH3 is 1. The molecule has 0 bridgehead atoms. The number of phenols is 1. The number of aromatic hydroxyl groups is 1. The third kappa shape index (κ3) is 2.59. The Hall–Kier alpha value is -1.74. The van der Waals surface area contributed by atoms with Crippen LogP contribution in [0.1, 0.15) is 24.8 Å². The molecule has 0 radical (unpaired) electrons. The molecule has 1 heterocycles. The van der Waals surface area contributed by atoms with Gasteiger partial charge in [0.15, 0.2) is 0 Å². The molecule has 20 heavy (non-hydrogen) atoms. The lowest BCUT2D eigenvalue weighted by molar-refractivity contribution is 0.219. The Kier molecular flexibility index (Phi) is 3.79. The Morgan fingerprint density at radius 2 is 1.85 bits per heavy atom. The fraction of sp³-hybridized carbons (Fsp3) is 0.412. The van der Waals surface area contributed by atoms with E-state index in [9.17, 15) is 5.11 Å². The molecule has 0 unspecified atom stereocenters. The van der Waals surface area contributed by atoms with E-state index in [-0.39, 0.29) is 0 Å². The lowest BCUT2D eigenvalue weighted by atomic mass is 10.0. The molecule has 106 valence electrons. The van der Waals surface area contributed by atoms with Crippen molar-refractivity contribution in [2.45, 2.75) is 25.8 Å². The van der Waals surface area contributed by atoms with Gasteiger partial charge in [-0.25, -0.2) is 0 Å². The summed E-state index contributed by atoms with van der Waals surface area (Å²) in [5.41, 5.74) is 1.02. The molecule has 1 saturated heterocycles. The molecule has 1 aliphatic rings. The molecule has 1 N–H and O–H groups in total. The van der Waals surface area contributed by atoms with Crippen LogP contribution in [0.25, 0.3) is 10.8 Å². The summed E-state index contributed by atoms with van der Waals surface area (Å²) >= 11 is 0. The predicted octanol–water partition coefficient (Wildman–Crippen LogP) is 3.54. The van der Waals surface area contributed by atoms with Crippen molar-refractivity contribution in [3.8, 4) is 11.5 Å². The van der Waals surface area contributed by atoms with E-state index in [0.717, 1.165) is 41.7 Å². The van der Waals surface area contributed by atoms with E-state index in [1.165, 1.54) is 19.3 Å². The topological polar surface area (TPSA) is 32.7 Å². The van der Waals surface area contributed by atoms with Crippen molar-refractivity contribution in [1.29, 1.82) is 0 Å². The van der Waals surface area contributed by atoms with Crippen LogP contribution in [-0.4, -0.2) is 30.2 Å². The van der Waals surface area contributed by atoms with Crippen molar-refractivity contribution in [2.24, 2.45) is 0 Å². The average molecular weight is 271 g/mol. The molecule has 0 aromatic heterocycles. The number of hydrogen-bond acceptors (Lipinski definition) is 3. The molecule has 0 aliphatic carbocycles. The number of benzene rings is 2. The first-order chi connectivity index (χ1) is 9.78. The Balaban J connectivity index is 2.00. The highest BCUT2D eigenvalue weighted by molar-refractivity contribution is 5.88. The van der Waals surface area contributed by atoms with Crippen LogP contribution in [-0.2, 0) is 6.54 Å². The largest absolute Gasteiger partial charge is 0.508 e. The number of fused-ring (bicyclic) bond motifs is 1. The smallest absolute Gasteiger partial charge is 0.120 e. The van der Waals surface area contributed by atoms with Crippen LogP contribution in [0.2, 0.25) is 0 Å². The van der Waals surface area contributed by atoms with Crippen LogP contribution in [0.4, 0.5) is 0 Å². The lowest BCUT2D eigenvalue weighted by Gasteiger charge is -2.27. The molecular weight excluding hydrogens is 250 g/mol. The van der Waals surface area contributed by atoms with Gasteiger partial charge in [0.1, 0.15) is 11.5 Å². The van der Waals surface area contributed by atoms with E-state index in [1.54, 1.807) is 13.2 Å². The third-order valence-electron chi connectivity index (χ3n) is 4.15. The highest BCUT2D eigenvalue weighted by atomic mass is 16.5. The molecular formula is C17H21NO2. The zero-order chi connectivity index (χ0) is 13.9. The third-order valence-corrected chi connectivity index (χ3v) is 4.15. The van der Waals surface area contributed by atoms with Crippen molar-refractivity contribution < 1.29 is 9.84 Å². The van der Waals surface area contributed by atoms with Gasteiger partial charge in [0.2, 0.25) is 0 Å². The summed E-state index contributed by atoms with van der Waals surface area (Å²) in [6, 6.07) is 9.80. The molecule has 0 spiro atoms. The maximum atomic E-state index is 10.2. The Morgan fingerprint density at radius 3 is 2.60 bits per heavy atom. The van der Waals surface area contributed by atoms with Gasteiger partial charge in [0, 0.05) is 12.1 Å². The lowest BCUT2D eigenvalue weighted by Crippen LogP contribution is -2.29. The van der Waals surface area contributed by atoms with E-state index in [1.807, 2.05) is 24.3 Å². The van der Waals surface area contributed by atoms with Gasteiger partial charge >= 0.3 is 0 Å². The molecule has 1 fully saturated rings. The Labute approximate surface area is 119 Å².